The van der Waals surface area contributed by atoms with Crippen LogP contribution in [0.15, 0.2) is 29.6 Å². The Hall–Kier alpha value is -1.80. The number of anilines is 1. The first-order valence-corrected chi connectivity index (χ1v) is 6.37. The molecule has 0 spiro atoms. The van der Waals surface area contributed by atoms with Crippen LogP contribution in [-0.4, -0.2) is 17.5 Å². The SMILES string of the molecule is O=C(Nc1cccc(OC(F)F)c1)c1csc(=S)[nH]1. The molecule has 2 aromatic rings. The highest BCUT2D eigenvalue weighted by molar-refractivity contribution is 7.73. The third-order valence-corrected chi connectivity index (χ3v) is 3.14. The number of hydrogen-bond donors (Lipinski definition) is 2. The van der Waals surface area contributed by atoms with Crippen molar-refractivity contribution in [3.8, 4) is 5.75 Å². The smallest absolute Gasteiger partial charge is 0.387 e. The van der Waals surface area contributed by atoms with Crippen molar-refractivity contribution in [3.63, 3.8) is 0 Å². The second kappa shape index (κ2) is 5.89. The van der Waals surface area contributed by atoms with Gasteiger partial charge in [-0.3, -0.25) is 4.79 Å². The number of rotatable bonds is 4. The number of carbonyl (C=O) groups excluding carboxylic acids is 1. The highest BCUT2D eigenvalue weighted by Gasteiger charge is 2.09. The maximum Gasteiger partial charge on any atom is 0.387 e. The molecule has 2 rings (SSSR count). The third-order valence-electron chi connectivity index (χ3n) is 2.08. The molecule has 0 fully saturated rings. The molecule has 19 heavy (non-hydrogen) atoms. The number of halogens is 2. The summed E-state index contributed by atoms with van der Waals surface area (Å²) in [6.45, 7) is -2.90. The van der Waals surface area contributed by atoms with Crippen molar-refractivity contribution < 1.29 is 18.3 Å². The van der Waals surface area contributed by atoms with Crippen LogP contribution in [0.5, 0.6) is 5.75 Å². The van der Waals surface area contributed by atoms with Crippen LogP contribution in [0.3, 0.4) is 0 Å². The summed E-state index contributed by atoms with van der Waals surface area (Å²) in [5, 5.41) is 4.13. The molecule has 0 aliphatic carbocycles. The van der Waals surface area contributed by atoms with Crippen molar-refractivity contribution in [2.24, 2.45) is 0 Å². The van der Waals surface area contributed by atoms with Crippen molar-refractivity contribution >= 4 is 35.1 Å². The minimum absolute atomic E-state index is 0.0222. The van der Waals surface area contributed by atoms with E-state index < -0.39 is 12.5 Å². The number of benzene rings is 1. The molecule has 0 atom stereocenters. The van der Waals surface area contributed by atoms with Crippen LogP contribution in [0.4, 0.5) is 14.5 Å². The molecule has 1 heterocycles. The Morgan fingerprint density at radius 3 is 2.89 bits per heavy atom. The average Bonchev–Trinajstić information content (AvgIpc) is 2.75. The van der Waals surface area contributed by atoms with Gasteiger partial charge in [0.05, 0.1) is 0 Å². The van der Waals surface area contributed by atoms with Crippen LogP contribution in [0.1, 0.15) is 10.5 Å². The van der Waals surface area contributed by atoms with Crippen molar-refractivity contribution in [1.82, 2.24) is 4.98 Å². The quantitative estimate of drug-likeness (QED) is 0.847. The zero-order valence-corrected chi connectivity index (χ0v) is 11.0. The zero-order valence-electron chi connectivity index (χ0n) is 9.35. The zero-order chi connectivity index (χ0) is 13.8. The topological polar surface area (TPSA) is 54.1 Å². The Morgan fingerprint density at radius 1 is 1.47 bits per heavy atom. The lowest BCUT2D eigenvalue weighted by atomic mass is 10.3. The van der Waals surface area contributed by atoms with Crippen molar-refractivity contribution in [2.75, 3.05) is 5.32 Å². The van der Waals surface area contributed by atoms with Gasteiger partial charge < -0.3 is 15.0 Å². The van der Waals surface area contributed by atoms with Crippen LogP contribution in [0, 0.1) is 3.95 Å². The van der Waals surface area contributed by atoms with E-state index in [0.29, 0.717) is 15.3 Å². The Morgan fingerprint density at radius 2 is 2.26 bits per heavy atom. The van der Waals surface area contributed by atoms with Gasteiger partial charge in [0.15, 0.2) is 3.95 Å². The van der Waals surface area contributed by atoms with E-state index in [2.05, 4.69) is 15.0 Å². The first kappa shape index (κ1) is 13.6. The molecule has 4 nitrogen and oxygen atoms in total. The van der Waals surface area contributed by atoms with E-state index in [1.54, 1.807) is 11.4 Å². The van der Waals surface area contributed by atoms with Gasteiger partial charge in [0, 0.05) is 17.1 Å². The van der Waals surface area contributed by atoms with Crippen molar-refractivity contribution in [1.29, 1.82) is 0 Å². The largest absolute Gasteiger partial charge is 0.435 e. The van der Waals surface area contributed by atoms with Crippen molar-refractivity contribution in [2.45, 2.75) is 6.61 Å². The molecule has 2 N–H and O–H groups in total. The van der Waals surface area contributed by atoms with Crippen LogP contribution < -0.4 is 10.1 Å². The Bertz CT molecular complexity index is 639. The number of aromatic nitrogens is 1. The molecule has 1 amide bonds. The summed E-state index contributed by atoms with van der Waals surface area (Å²) in [5.41, 5.74) is 0.670. The van der Waals surface area contributed by atoms with Gasteiger partial charge in [-0.2, -0.15) is 8.78 Å². The molecule has 1 aromatic carbocycles. The number of thiazole rings is 1. The number of amides is 1. The number of hydrogen-bond acceptors (Lipinski definition) is 4. The molecule has 100 valence electrons. The fourth-order valence-electron chi connectivity index (χ4n) is 1.34. The summed E-state index contributed by atoms with van der Waals surface area (Å²) in [4.78, 5) is 14.5. The fraction of sp³-hybridized carbons (Fsp3) is 0.0909. The summed E-state index contributed by atoms with van der Waals surface area (Å²) >= 11 is 6.09. The molecule has 8 heteroatoms. The Balaban J connectivity index is 2.10. The van der Waals surface area contributed by atoms with E-state index in [1.165, 1.54) is 29.5 Å². The fourth-order valence-corrected chi connectivity index (χ4v) is 2.15. The molecular weight excluding hydrogens is 294 g/mol. The van der Waals surface area contributed by atoms with E-state index in [4.69, 9.17) is 12.2 Å². The molecule has 0 bridgehead atoms. The number of ether oxygens (including phenoxy) is 1. The number of nitrogens with one attached hydrogen (secondary N) is 2. The summed E-state index contributed by atoms with van der Waals surface area (Å²) in [6, 6.07) is 5.76. The number of carbonyl (C=O) groups is 1. The van der Waals surface area contributed by atoms with Crippen LogP contribution >= 0.6 is 23.6 Å². The Kier molecular flexibility index (Phi) is 4.23. The summed E-state index contributed by atoms with van der Waals surface area (Å²) in [7, 11) is 0. The van der Waals surface area contributed by atoms with Gasteiger partial charge in [-0.1, -0.05) is 6.07 Å². The standard InChI is InChI=1S/C11H8F2N2O2S2/c12-10(13)17-7-3-1-2-6(4-7)14-9(16)8-5-19-11(18)15-8/h1-5,10H,(H,14,16)(H,15,18). The van der Waals surface area contributed by atoms with Gasteiger partial charge in [0.2, 0.25) is 0 Å². The lowest BCUT2D eigenvalue weighted by Crippen LogP contribution is -2.12. The predicted molar refractivity (Wildman–Crippen MR) is 70.5 cm³/mol. The molecular formula is C11H8F2N2O2S2. The van der Waals surface area contributed by atoms with Crippen molar-refractivity contribution in [3.05, 3.63) is 39.3 Å². The van der Waals surface area contributed by atoms with Gasteiger partial charge in [0.25, 0.3) is 5.91 Å². The van der Waals surface area contributed by atoms with E-state index in [0.717, 1.165) is 0 Å². The maximum absolute atomic E-state index is 12.1. The summed E-state index contributed by atoms with van der Waals surface area (Å²) in [5.74, 6) is -0.424. The van der Waals surface area contributed by atoms with Gasteiger partial charge in [0.1, 0.15) is 11.4 Å². The average molecular weight is 302 g/mol. The van der Waals surface area contributed by atoms with E-state index in [-0.39, 0.29) is 5.75 Å². The van der Waals surface area contributed by atoms with Gasteiger partial charge in [-0.05, 0) is 24.4 Å². The van der Waals surface area contributed by atoms with Crippen LogP contribution in [0.25, 0.3) is 0 Å². The van der Waals surface area contributed by atoms with Crippen LogP contribution in [-0.2, 0) is 0 Å². The van der Waals surface area contributed by atoms with E-state index in [1.807, 2.05) is 0 Å². The normalized spacial score (nSPS) is 10.5. The lowest BCUT2D eigenvalue weighted by molar-refractivity contribution is -0.0497. The Labute approximate surface area is 116 Å². The minimum Gasteiger partial charge on any atom is -0.435 e. The maximum atomic E-state index is 12.1. The minimum atomic E-state index is -2.90. The molecule has 0 aliphatic heterocycles. The lowest BCUT2D eigenvalue weighted by Gasteiger charge is -2.07. The second-order valence-corrected chi connectivity index (χ2v) is 4.97. The monoisotopic (exact) mass is 302 g/mol. The molecule has 0 saturated carbocycles. The molecule has 0 unspecified atom stereocenters. The van der Waals surface area contributed by atoms with Gasteiger partial charge in [-0.15, -0.1) is 11.3 Å². The summed E-state index contributed by atoms with van der Waals surface area (Å²) < 4.78 is 28.8. The number of alkyl halides is 2. The van der Waals surface area contributed by atoms with Gasteiger partial charge >= 0.3 is 6.61 Å². The number of H-pyrrole nitrogens is 1. The first-order valence-electron chi connectivity index (χ1n) is 5.08. The molecule has 1 aromatic heterocycles. The molecule has 0 aliphatic rings. The highest BCUT2D eigenvalue weighted by Crippen LogP contribution is 2.20. The first-order chi connectivity index (χ1) is 9.04. The van der Waals surface area contributed by atoms with Crippen LogP contribution in [0.2, 0.25) is 0 Å². The van der Waals surface area contributed by atoms with E-state index in [9.17, 15) is 13.6 Å². The van der Waals surface area contributed by atoms with E-state index >= 15 is 0 Å². The second-order valence-electron chi connectivity index (χ2n) is 3.42. The van der Waals surface area contributed by atoms with Gasteiger partial charge in [-0.25, -0.2) is 0 Å². The molecule has 0 radical (unpaired) electrons. The summed E-state index contributed by atoms with van der Waals surface area (Å²) in [6.07, 6.45) is 0. The third kappa shape index (κ3) is 3.83. The molecule has 0 saturated heterocycles. The highest BCUT2D eigenvalue weighted by atomic mass is 32.1. The predicted octanol–water partition coefficient (Wildman–Crippen LogP) is 3.66. The number of aromatic amines is 1.